The van der Waals surface area contributed by atoms with Gasteiger partial charge in [-0.15, -0.1) is 11.3 Å². The van der Waals surface area contributed by atoms with Gasteiger partial charge < -0.3 is 10.1 Å². The van der Waals surface area contributed by atoms with E-state index in [1.807, 2.05) is 6.26 Å². The number of carbonyl (C=O) groups excluding carboxylic acids is 1. The number of nitrogens with zero attached hydrogens (tertiary/aromatic N) is 2. The van der Waals surface area contributed by atoms with Gasteiger partial charge in [0.15, 0.2) is 0 Å². The minimum absolute atomic E-state index is 0.0334. The van der Waals surface area contributed by atoms with Crippen LogP contribution in [0.2, 0.25) is 0 Å². The van der Waals surface area contributed by atoms with E-state index >= 15 is 0 Å². The molecule has 1 amide bonds. The van der Waals surface area contributed by atoms with Crippen LogP contribution in [0, 0.1) is 18.8 Å². The number of aryl methyl sites for hydroxylation is 1. The lowest BCUT2D eigenvalue weighted by molar-refractivity contribution is -0.121. The molecule has 3 saturated heterocycles. The standard InChI is InChI=1S/C18H27N3O2S2/c1-12-10-25-17(20-12)9-21-8-14-13(7-19-16(22)4-6-24-2)15-3-5-18(14,11-21)23-15/h10,13-15H,3-9,11H2,1-2H3,(H,19,22)/t13-,14+,15+,18+/m0/s1. The molecule has 1 spiro atoms. The Morgan fingerprint density at radius 3 is 3.24 bits per heavy atom. The molecule has 0 aromatic carbocycles. The normalized spacial score (nSPS) is 33.8. The second-order valence-electron chi connectivity index (χ2n) is 7.63. The van der Waals surface area contributed by atoms with Crippen molar-refractivity contribution in [3.8, 4) is 0 Å². The Labute approximate surface area is 157 Å². The van der Waals surface area contributed by atoms with Crippen molar-refractivity contribution in [3.05, 3.63) is 16.1 Å². The Kier molecular flexibility index (Phi) is 5.10. The van der Waals surface area contributed by atoms with Crippen LogP contribution in [0.15, 0.2) is 5.38 Å². The molecule has 0 aliphatic carbocycles. The molecule has 3 aliphatic heterocycles. The summed E-state index contributed by atoms with van der Waals surface area (Å²) >= 11 is 3.47. The number of hydrogen-bond acceptors (Lipinski definition) is 6. The van der Waals surface area contributed by atoms with Crippen LogP contribution >= 0.6 is 23.1 Å². The molecule has 1 aromatic heterocycles. The number of hydrogen-bond donors (Lipinski definition) is 1. The summed E-state index contributed by atoms with van der Waals surface area (Å²) in [7, 11) is 0. The Bertz CT molecular complexity index is 638. The third-order valence-corrected chi connectivity index (χ3v) is 7.51. The largest absolute Gasteiger partial charge is 0.370 e. The summed E-state index contributed by atoms with van der Waals surface area (Å²) < 4.78 is 6.47. The van der Waals surface area contributed by atoms with Crippen molar-refractivity contribution >= 4 is 29.0 Å². The van der Waals surface area contributed by atoms with Crippen molar-refractivity contribution < 1.29 is 9.53 Å². The van der Waals surface area contributed by atoms with Gasteiger partial charge in [-0.3, -0.25) is 9.69 Å². The maximum Gasteiger partial charge on any atom is 0.220 e. The summed E-state index contributed by atoms with van der Waals surface area (Å²) in [5, 5.41) is 6.48. The van der Waals surface area contributed by atoms with E-state index in [0.717, 1.165) is 44.0 Å². The lowest BCUT2D eigenvalue weighted by atomic mass is 9.73. The van der Waals surface area contributed by atoms with Gasteiger partial charge in [0.2, 0.25) is 5.91 Å². The summed E-state index contributed by atoms with van der Waals surface area (Å²) in [6, 6.07) is 0. The van der Waals surface area contributed by atoms with E-state index in [-0.39, 0.29) is 11.5 Å². The number of rotatable bonds is 7. The van der Waals surface area contributed by atoms with E-state index < -0.39 is 0 Å². The first-order valence-electron chi connectivity index (χ1n) is 9.16. The van der Waals surface area contributed by atoms with Gasteiger partial charge in [-0.1, -0.05) is 0 Å². The van der Waals surface area contributed by atoms with E-state index in [0.29, 0.717) is 24.4 Å². The van der Waals surface area contributed by atoms with Crippen LogP contribution in [0.5, 0.6) is 0 Å². The molecule has 5 nitrogen and oxygen atoms in total. The van der Waals surface area contributed by atoms with Crippen LogP contribution < -0.4 is 5.32 Å². The van der Waals surface area contributed by atoms with Gasteiger partial charge in [0.05, 0.1) is 18.2 Å². The van der Waals surface area contributed by atoms with E-state index in [1.54, 1.807) is 23.1 Å². The van der Waals surface area contributed by atoms with Gasteiger partial charge in [-0.05, 0) is 26.0 Å². The molecule has 7 heteroatoms. The highest BCUT2D eigenvalue weighted by atomic mass is 32.2. The second kappa shape index (κ2) is 7.18. The Hall–Kier alpha value is -0.630. The van der Waals surface area contributed by atoms with E-state index in [1.165, 1.54) is 11.4 Å². The molecule has 2 bridgehead atoms. The third-order valence-electron chi connectivity index (χ3n) is 5.95. The molecule has 0 radical (unpaired) electrons. The minimum atomic E-state index is 0.0334. The van der Waals surface area contributed by atoms with Gasteiger partial charge in [-0.2, -0.15) is 11.8 Å². The number of aromatic nitrogens is 1. The lowest BCUT2D eigenvalue weighted by Gasteiger charge is -2.29. The van der Waals surface area contributed by atoms with Gasteiger partial charge in [-0.25, -0.2) is 4.98 Å². The molecular formula is C18H27N3O2S2. The Balaban J connectivity index is 1.36. The fourth-order valence-electron chi connectivity index (χ4n) is 4.86. The summed E-state index contributed by atoms with van der Waals surface area (Å²) in [6.07, 6.45) is 5.32. The number of thioether (sulfide) groups is 1. The summed E-state index contributed by atoms with van der Waals surface area (Å²) in [5.41, 5.74) is 1.15. The first-order chi connectivity index (χ1) is 12.1. The summed E-state index contributed by atoms with van der Waals surface area (Å²) in [5.74, 6) is 2.09. The second-order valence-corrected chi connectivity index (χ2v) is 9.56. The van der Waals surface area contributed by atoms with Crippen LogP contribution in [0.1, 0.15) is 30.0 Å². The number of fused-ring (bicyclic) bond motifs is 1. The fraction of sp³-hybridized carbons (Fsp3) is 0.778. The molecule has 3 fully saturated rings. The molecule has 138 valence electrons. The molecule has 1 N–H and O–H groups in total. The molecule has 4 atom stereocenters. The number of likely N-dealkylation sites (tertiary alicyclic amines) is 1. The van der Waals surface area contributed by atoms with Gasteiger partial charge >= 0.3 is 0 Å². The zero-order valence-electron chi connectivity index (χ0n) is 15.0. The quantitative estimate of drug-likeness (QED) is 0.785. The van der Waals surface area contributed by atoms with Crippen molar-refractivity contribution in [1.82, 2.24) is 15.2 Å². The first-order valence-corrected chi connectivity index (χ1v) is 11.4. The first kappa shape index (κ1) is 17.8. The average molecular weight is 382 g/mol. The van der Waals surface area contributed by atoms with E-state index in [4.69, 9.17) is 4.74 Å². The van der Waals surface area contributed by atoms with Crippen LogP contribution in [-0.4, -0.2) is 59.1 Å². The molecular weight excluding hydrogens is 354 g/mol. The van der Waals surface area contributed by atoms with Crippen molar-refractivity contribution in [2.75, 3.05) is 31.6 Å². The highest BCUT2D eigenvalue weighted by molar-refractivity contribution is 7.98. The minimum Gasteiger partial charge on any atom is -0.370 e. The van der Waals surface area contributed by atoms with Gasteiger partial charge in [0, 0.05) is 54.7 Å². The van der Waals surface area contributed by atoms with Gasteiger partial charge in [0.1, 0.15) is 5.01 Å². The molecule has 4 rings (SSSR count). The predicted molar refractivity (Wildman–Crippen MR) is 102 cm³/mol. The van der Waals surface area contributed by atoms with Crippen molar-refractivity contribution in [1.29, 1.82) is 0 Å². The van der Waals surface area contributed by atoms with Crippen LogP contribution in [0.4, 0.5) is 0 Å². The molecule has 4 heterocycles. The number of thiazole rings is 1. The number of carbonyl (C=O) groups is 1. The molecule has 3 aliphatic rings. The Morgan fingerprint density at radius 1 is 1.60 bits per heavy atom. The summed E-state index contributed by atoms with van der Waals surface area (Å²) in [4.78, 5) is 19.1. The van der Waals surface area contributed by atoms with Crippen LogP contribution in [0.25, 0.3) is 0 Å². The van der Waals surface area contributed by atoms with Crippen molar-refractivity contribution in [2.45, 2.75) is 44.4 Å². The molecule has 25 heavy (non-hydrogen) atoms. The highest BCUT2D eigenvalue weighted by Crippen LogP contribution is 2.54. The fourth-order valence-corrected chi connectivity index (χ4v) is 6.06. The maximum absolute atomic E-state index is 12.0. The van der Waals surface area contributed by atoms with Crippen molar-refractivity contribution in [3.63, 3.8) is 0 Å². The topological polar surface area (TPSA) is 54.5 Å². The molecule has 1 aromatic rings. The molecule has 0 saturated carbocycles. The average Bonchev–Trinajstić information content (AvgIpc) is 3.32. The van der Waals surface area contributed by atoms with Crippen LogP contribution in [-0.2, 0) is 16.1 Å². The van der Waals surface area contributed by atoms with E-state index in [9.17, 15) is 4.79 Å². The SMILES string of the molecule is CSCCC(=O)NC[C@H]1[C@H]2CN(Cc3nc(C)cs3)C[C@]23CC[C@H]1O3. The maximum atomic E-state index is 12.0. The molecule has 0 unspecified atom stereocenters. The predicted octanol–water partition coefficient (Wildman–Crippen LogP) is 2.30. The number of nitrogens with one attached hydrogen (secondary N) is 1. The third kappa shape index (κ3) is 3.48. The zero-order chi connectivity index (χ0) is 17.4. The highest BCUT2D eigenvalue weighted by Gasteiger charge is 2.62. The smallest absolute Gasteiger partial charge is 0.220 e. The van der Waals surface area contributed by atoms with Crippen molar-refractivity contribution in [2.24, 2.45) is 11.8 Å². The number of ether oxygens (including phenoxy) is 1. The number of amides is 1. The van der Waals surface area contributed by atoms with Crippen LogP contribution in [0.3, 0.4) is 0 Å². The summed E-state index contributed by atoms with van der Waals surface area (Å²) in [6.45, 7) is 5.84. The zero-order valence-corrected chi connectivity index (χ0v) is 16.6. The lowest BCUT2D eigenvalue weighted by Crippen LogP contribution is -2.41. The van der Waals surface area contributed by atoms with E-state index in [2.05, 4.69) is 27.5 Å². The monoisotopic (exact) mass is 381 g/mol. The van der Waals surface area contributed by atoms with Gasteiger partial charge in [0.25, 0.3) is 0 Å². The Morgan fingerprint density at radius 2 is 2.48 bits per heavy atom.